The van der Waals surface area contributed by atoms with Crippen LogP contribution in [0.25, 0.3) is 0 Å². The van der Waals surface area contributed by atoms with E-state index in [2.05, 4.69) is 4.18 Å². The molecule has 0 bridgehead atoms. The van der Waals surface area contributed by atoms with Crippen LogP contribution in [-0.4, -0.2) is 14.7 Å². The molecular weight excluding hydrogens is 274 g/mol. The van der Waals surface area contributed by atoms with E-state index in [1.807, 2.05) is 0 Å². The molecule has 0 amide bonds. The van der Waals surface area contributed by atoms with Gasteiger partial charge in [-0.15, -0.1) is 0 Å². The fourth-order valence-electron chi connectivity index (χ4n) is 2.50. The van der Waals surface area contributed by atoms with Crippen LogP contribution >= 0.6 is 0 Å². The molecule has 1 fully saturated rings. The van der Waals surface area contributed by atoms with Gasteiger partial charge in [-0.05, 0) is 30.4 Å². The summed E-state index contributed by atoms with van der Waals surface area (Å²) in [5, 5.41) is 0. The van der Waals surface area contributed by atoms with E-state index in [1.54, 1.807) is 0 Å². The van der Waals surface area contributed by atoms with Gasteiger partial charge >= 0.3 is 10.1 Å². The molecule has 0 aromatic heterocycles. The first-order valence-electron chi connectivity index (χ1n) is 6.26. The summed E-state index contributed by atoms with van der Waals surface area (Å²) in [6.07, 6.45) is 5.60. The summed E-state index contributed by atoms with van der Waals surface area (Å²) in [4.78, 5) is 0. The van der Waals surface area contributed by atoms with Gasteiger partial charge in [0.25, 0.3) is 0 Å². The van der Waals surface area contributed by atoms with Crippen LogP contribution in [0.2, 0.25) is 0 Å². The Morgan fingerprint density at radius 2 is 1.74 bits per heavy atom. The summed E-state index contributed by atoms with van der Waals surface area (Å²) in [5.74, 6) is -2.79. The minimum Gasteiger partial charge on any atom is -0.379 e. The van der Waals surface area contributed by atoms with Crippen LogP contribution in [0.1, 0.15) is 43.6 Å². The Hall–Kier alpha value is -1.17. The molecule has 1 saturated carbocycles. The van der Waals surface area contributed by atoms with Gasteiger partial charge in [-0.3, -0.25) is 0 Å². The number of halogens is 2. The van der Waals surface area contributed by atoms with Crippen molar-refractivity contribution in [1.29, 1.82) is 0 Å². The summed E-state index contributed by atoms with van der Waals surface area (Å²) in [7, 11) is -3.86. The molecule has 0 N–H and O–H groups in total. The third-order valence-corrected chi connectivity index (χ3v) is 3.85. The first-order chi connectivity index (χ1) is 8.88. The molecule has 0 spiro atoms. The average molecular weight is 290 g/mol. The maximum absolute atomic E-state index is 14.0. The molecule has 1 aromatic rings. The molecule has 106 valence electrons. The minimum atomic E-state index is -3.86. The number of rotatable bonds is 3. The predicted molar refractivity (Wildman–Crippen MR) is 67.7 cm³/mol. The van der Waals surface area contributed by atoms with Crippen molar-refractivity contribution in [3.05, 3.63) is 29.3 Å². The minimum absolute atomic E-state index is 0.00975. The van der Waals surface area contributed by atoms with Crippen molar-refractivity contribution in [3.8, 4) is 5.75 Å². The Labute approximate surface area is 111 Å². The van der Waals surface area contributed by atoms with E-state index in [1.165, 1.54) is 12.1 Å². The van der Waals surface area contributed by atoms with Crippen LogP contribution in [0.3, 0.4) is 0 Å². The monoisotopic (exact) mass is 290 g/mol. The van der Waals surface area contributed by atoms with E-state index < -0.39 is 27.5 Å². The lowest BCUT2D eigenvalue weighted by molar-refractivity contribution is 0.404. The highest BCUT2D eigenvalue weighted by Gasteiger charge is 2.24. The van der Waals surface area contributed by atoms with Gasteiger partial charge in [0.2, 0.25) is 5.82 Å². The molecule has 3 nitrogen and oxygen atoms in total. The molecule has 0 atom stereocenters. The van der Waals surface area contributed by atoms with Gasteiger partial charge in [0.15, 0.2) is 11.6 Å². The van der Waals surface area contributed by atoms with Gasteiger partial charge in [-0.2, -0.15) is 12.8 Å². The van der Waals surface area contributed by atoms with Gasteiger partial charge in [0, 0.05) is 0 Å². The van der Waals surface area contributed by atoms with Crippen LogP contribution in [0, 0.1) is 11.6 Å². The number of hydrogen-bond donors (Lipinski definition) is 0. The zero-order valence-electron chi connectivity index (χ0n) is 10.7. The van der Waals surface area contributed by atoms with Crippen LogP contribution < -0.4 is 4.18 Å². The van der Waals surface area contributed by atoms with Crippen LogP contribution in [0.5, 0.6) is 5.75 Å². The smallest absolute Gasteiger partial charge is 0.306 e. The highest BCUT2D eigenvalue weighted by Crippen LogP contribution is 2.36. The first kappa shape index (κ1) is 14.2. The Morgan fingerprint density at radius 1 is 1.11 bits per heavy atom. The lowest BCUT2D eigenvalue weighted by Crippen LogP contribution is -2.11. The average Bonchev–Trinajstić information content (AvgIpc) is 2.35. The Balaban J connectivity index is 2.31. The lowest BCUT2D eigenvalue weighted by Gasteiger charge is -2.22. The summed E-state index contributed by atoms with van der Waals surface area (Å²) >= 11 is 0. The van der Waals surface area contributed by atoms with Crippen molar-refractivity contribution in [2.24, 2.45) is 0 Å². The lowest BCUT2D eigenvalue weighted by atomic mass is 9.84. The quantitative estimate of drug-likeness (QED) is 0.802. The molecule has 19 heavy (non-hydrogen) atoms. The summed E-state index contributed by atoms with van der Waals surface area (Å²) in [6, 6.07) is 2.61. The topological polar surface area (TPSA) is 43.4 Å². The Kier molecular flexibility index (Phi) is 4.08. The second kappa shape index (κ2) is 5.45. The number of benzene rings is 1. The summed E-state index contributed by atoms with van der Waals surface area (Å²) < 4.78 is 54.0. The zero-order chi connectivity index (χ0) is 14.0. The SMILES string of the molecule is CS(=O)(=O)Oc1ccc(C2CCCCC2)c(F)c1F. The van der Waals surface area contributed by atoms with Crippen LogP contribution in [0.4, 0.5) is 8.78 Å². The molecule has 1 aliphatic carbocycles. The summed E-state index contributed by atoms with van der Waals surface area (Å²) in [6.45, 7) is 0. The van der Waals surface area contributed by atoms with Gasteiger partial charge in [-0.1, -0.05) is 25.3 Å². The number of hydrogen-bond acceptors (Lipinski definition) is 3. The second-order valence-electron chi connectivity index (χ2n) is 4.90. The molecule has 0 saturated heterocycles. The summed E-state index contributed by atoms with van der Waals surface area (Å²) in [5.41, 5.74) is 0.318. The van der Waals surface area contributed by atoms with Crippen molar-refractivity contribution < 1.29 is 21.4 Å². The molecule has 2 rings (SSSR count). The Bertz CT molecular complexity index is 563. The van der Waals surface area contributed by atoms with E-state index in [0.717, 1.165) is 38.4 Å². The van der Waals surface area contributed by atoms with Gasteiger partial charge < -0.3 is 4.18 Å². The van der Waals surface area contributed by atoms with Crippen LogP contribution in [0.15, 0.2) is 12.1 Å². The highest BCUT2D eigenvalue weighted by atomic mass is 32.2. The van der Waals surface area contributed by atoms with E-state index in [-0.39, 0.29) is 5.92 Å². The van der Waals surface area contributed by atoms with E-state index in [0.29, 0.717) is 5.56 Å². The normalized spacial score (nSPS) is 17.4. The van der Waals surface area contributed by atoms with Crippen molar-refractivity contribution in [2.75, 3.05) is 6.26 Å². The predicted octanol–water partition coefficient (Wildman–Crippen LogP) is 3.35. The van der Waals surface area contributed by atoms with Crippen molar-refractivity contribution >= 4 is 10.1 Å². The second-order valence-corrected chi connectivity index (χ2v) is 6.48. The third-order valence-electron chi connectivity index (χ3n) is 3.36. The standard InChI is InChI=1S/C13H16F2O3S/c1-19(16,17)18-11-8-7-10(12(14)13(11)15)9-5-3-2-4-6-9/h7-9H,2-6H2,1H3. The van der Waals surface area contributed by atoms with Gasteiger partial charge in [-0.25, -0.2) is 4.39 Å². The molecule has 0 radical (unpaired) electrons. The molecule has 0 aliphatic heterocycles. The van der Waals surface area contributed by atoms with Crippen molar-refractivity contribution in [1.82, 2.24) is 0 Å². The Morgan fingerprint density at radius 3 is 2.32 bits per heavy atom. The zero-order valence-corrected chi connectivity index (χ0v) is 11.5. The van der Waals surface area contributed by atoms with Crippen LogP contribution in [-0.2, 0) is 10.1 Å². The van der Waals surface area contributed by atoms with Crippen molar-refractivity contribution in [2.45, 2.75) is 38.0 Å². The molecule has 0 heterocycles. The fourth-order valence-corrected chi connectivity index (χ4v) is 2.96. The molecule has 6 heteroatoms. The van der Waals surface area contributed by atoms with E-state index in [9.17, 15) is 17.2 Å². The van der Waals surface area contributed by atoms with Gasteiger partial charge in [0.05, 0.1) is 6.26 Å². The van der Waals surface area contributed by atoms with E-state index >= 15 is 0 Å². The maximum Gasteiger partial charge on any atom is 0.306 e. The molecule has 1 aromatic carbocycles. The third kappa shape index (κ3) is 3.43. The fraction of sp³-hybridized carbons (Fsp3) is 0.538. The first-order valence-corrected chi connectivity index (χ1v) is 8.07. The largest absolute Gasteiger partial charge is 0.379 e. The van der Waals surface area contributed by atoms with Crippen molar-refractivity contribution in [3.63, 3.8) is 0 Å². The molecule has 1 aliphatic rings. The molecule has 0 unspecified atom stereocenters. The highest BCUT2D eigenvalue weighted by molar-refractivity contribution is 7.86. The maximum atomic E-state index is 14.0. The van der Waals surface area contributed by atoms with Gasteiger partial charge in [0.1, 0.15) is 0 Å². The van der Waals surface area contributed by atoms with E-state index in [4.69, 9.17) is 0 Å². The molecular formula is C13H16F2O3S.